The Balaban J connectivity index is 2.97. The standard InChI is InChI=1S/C9H5ClFNO/c10-8-6(11)3-1-5-2-4-7(13)12-9(5)8/h1-4H,(H,12,13). The van der Waals surface area contributed by atoms with Gasteiger partial charge in [0.1, 0.15) is 10.8 Å². The summed E-state index contributed by atoms with van der Waals surface area (Å²) in [5, 5.41) is 0.668. The average molecular weight is 198 g/mol. The minimum Gasteiger partial charge on any atom is -0.321 e. The second kappa shape index (κ2) is 2.85. The number of hydrogen-bond acceptors (Lipinski definition) is 1. The summed E-state index contributed by atoms with van der Waals surface area (Å²) in [6, 6.07) is 5.80. The van der Waals surface area contributed by atoms with Crippen LogP contribution < -0.4 is 5.56 Å². The van der Waals surface area contributed by atoms with Gasteiger partial charge in [0.2, 0.25) is 5.56 Å². The zero-order valence-corrected chi connectivity index (χ0v) is 7.23. The molecule has 0 saturated heterocycles. The van der Waals surface area contributed by atoms with E-state index in [1.54, 1.807) is 12.1 Å². The van der Waals surface area contributed by atoms with E-state index in [0.29, 0.717) is 10.9 Å². The van der Waals surface area contributed by atoms with Crippen LogP contribution in [0.3, 0.4) is 0 Å². The highest BCUT2D eigenvalue weighted by Crippen LogP contribution is 2.22. The number of benzene rings is 1. The number of aromatic nitrogens is 1. The third kappa shape index (κ3) is 1.31. The lowest BCUT2D eigenvalue weighted by Crippen LogP contribution is -2.02. The van der Waals surface area contributed by atoms with Crippen LogP contribution in [0.15, 0.2) is 29.1 Å². The van der Waals surface area contributed by atoms with Crippen LogP contribution in [-0.2, 0) is 0 Å². The van der Waals surface area contributed by atoms with E-state index in [1.165, 1.54) is 12.1 Å². The largest absolute Gasteiger partial charge is 0.321 e. The molecule has 66 valence electrons. The number of halogens is 2. The fourth-order valence-corrected chi connectivity index (χ4v) is 1.38. The van der Waals surface area contributed by atoms with Crippen molar-refractivity contribution in [3.05, 3.63) is 45.5 Å². The number of aromatic amines is 1. The molecule has 0 fully saturated rings. The van der Waals surface area contributed by atoms with Crippen molar-refractivity contribution in [3.8, 4) is 0 Å². The Hall–Kier alpha value is -1.35. The molecule has 0 spiro atoms. The first-order valence-corrected chi connectivity index (χ1v) is 4.03. The number of fused-ring (bicyclic) bond motifs is 1. The van der Waals surface area contributed by atoms with Crippen LogP contribution in [0.2, 0.25) is 5.02 Å². The monoisotopic (exact) mass is 197 g/mol. The Morgan fingerprint density at radius 1 is 1.23 bits per heavy atom. The summed E-state index contributed by atoms with van der Waals surface area (Å²) in [5.41, 5.74) is 0.0502. The fraction of sp³-hybridized carbons (Fsp3) is 0. The lowest BCUT2D eigenvalue weighted by atomic mass is 10.2. The summed E-state index contributed by atoms with van der Waals surface area (Å²) < 4.78 is 12.9. The number of pyridine rings is 1. The molecule has 0 atom stereocenters. The summed E-state index contributed by atoms with van der Waals surface area (Å²) in [5.74, 6) is -0.531. The second-order valence-corrected chi connectivity index (χ2v) is 3.03. The summed E-state index contributed by atoms with van der Waals surface area (Å²) in [7, 11) is 0. The van der Waals surface area contributed by atoms with Gasteiger partial charge in [0.25, 0.3) is 0 Å². The Morgan fingerprint density at radius 2 is 1.92 bits per heavy atom. The molecule has 0 saturated carbocycles. The van der Waals surface area contributed by atoms with Gasteiger partial charge in [-0.05, 0) is 23.6 Å². The normalized spacial score (nSPS) is 10.6. The fourth-order valence-electron chi connectivity index (χ4n) is 1.16. The molecule has 0 unspecified atom stereocenters. The Kier molecular flexibility index (Phi) is 1.81. The molecule has 0 aliphatic heterocycles. The van der Waals surface area contributed by atoms with Crippen LogP contribution in [-0.4, -0.2) is 4.98 Å². The summed E-state index contributed by atoms with van der Waals surface area (Å²) >= 11 is 5.65. The molecule has 0 aliphatic carbocycles. The van der Waals surface area contributed by atoms with Gasteiger partial charge in [-0.2, -0.15) is 0 Å². The lowest BCUT2D eigenvalue weighted by Gasteiger charge is -1.99. The number of nitrogens with one attached hydrogen (secondary N) is 1. The highest BCUT2D eigenvalue weighted by Gasteiger charge is 2.04. The van der Waals surface area contributed by atoms with Gasteiger partial charge < -0.3 is 4.98 Å². The van der Waals surface area contributed by atoms with E-state index < -0.39 is 5.82 Å². The molecule has 2 nitrogen and oxygen atoms in total. The van der Waals surface area contributed by atoms with Crippen LogP contribution in [0.1, 0.15) is 0 Å². The summed E-state index contributed by atoms with van der Waals surface area (Å²) in [6.45, 7) is 0. The number of H-pyrrole nitrogens is 1. The zero-order chi connectivity index (χ0) is 9.42. The van der Waals surface area contributed by atoms with E-state index in [-0.39, 0.29) is 10.6 Å². The van der Waals surface area contributed by atoms with Gasteiger partial charge in [0, 0.05) is 6.07 Å². The second-order valence-electron chi connectivity index (χ2n) is 2.65. The van der Waals surface area contributed by atoms with Crippen molar-refractivity contribution in [2.24, 2.45) is 0 Å². The average Bonchev–Trinajstić information content (AvgIpc) is 2.12. The highest BCUT2D eigenvalue weighted by molar-refractivity contribution is 6.35. The SMILES string of the molecule is O=c1ccc2ccc(F)c(Cl)c2[nH]1. The summed E-state index contributed by atoms with van der Waals surface area (Å²) in [4.78, 5) is 13.4. The summed E-state index contributed by atoms with van der Waals surface area (Å²) in [6.07, 6.45) is 0. The van der Waals surface area contributed by atoms with E-state index in [2.05, 4.69) is 4.98 Å². The van der Waals surface area contributed by atoms with E-state index in [1.807, 2.05) is 0 Å². The maximum absolute atomic E-state index is 12.9. The van der Waals surface area contributed by atoms with Crippen molar-refractivity contribution in [2.75, 3.05) is 0 Å². The van der Waals surface area contributed by atoms with E-state index >= 15 is 0 Å². The van der Waals surface area contributed by atoms with Crippen LogP contribution in [0.5, 0.6) is 0 Å². The van der Waals surface area contributed by atoms with Crippen molar-refractivity contribution in [3.63, 3.8) is 0 Å². The van der Waals surface area contributed by atoms with Crippen LogP contribution in [0.4, 0.5) is 4.39 Å². The maximum atomic E-state index is 12.9. The molecule has 2 rings (SSSR count). The van der Waals surface area contributed by atoms with Crippen molar-refractivity contribution < 1.29 is 4.39 Å². The molecule has 1 aromatic heterocycles. The maximum Gasteiger partial charge on any atom is 0.248 e. The van der Waals surface area contributed by atoms with Crippen LogP contribution in [0, 0.1) is 5.82 Å². The first-order chi connectivity index (χ1) is 6.18. The quantitative estimate of drug-likeness (QED) is 0.691. The van der Waals surface area contributed by atoms with Gasteiger partial charge in [-0.3, -0.25) is 4.79 Å². The predicted molar refractivity (Wildman–Crippen MR) is 49.5 cm³/mol. The third-order valence-electron chi connectivity index (χ3n) is 1.79. The minimum atomic E-state index is -0.531. The van der Waals surface area contributed by atoms with Gasteiger partial charge in [-0.25, -0.2) is 4.39 Å². The van der Waals surface area contributed by atoms with Gasteiger partial charge in [0.15, 0.2) is 0 Å². The highest BCUT2D eigenvalue weighted by atomic mass is 35.5. The van der Waals surface area contributed by atoms with Gasteiger partial charge in [0.05, 0.1) is 5.52 Å². The molecule has 4 heteroatoms. The van der Waals surface area contributed by atoms with Crippen LogP contribution in [0.25, 0.3) is 10.9 Å². The molecule has 0 aliphatic rings. The lowest BCUT2D eigenvalue weighted by molar-refractivity contribution is 0.630. The molecular formula is C9H5ClFNO. The van der Waals surface area contributed by atoms with E-state index in [0.717, 1.165) is 0 Å². The molecule has 0 amide bonds. The smallest absolute Gasteiger partial charge is 0.248 e. The molecule has 13 heavy (non-hydrogen) atoms. The Bertz CT molecular complexity index is 520. The number of rotatable bonds is 0. The first kappa shape index (κ1) is 8.26. The van der Waals surface area contributed by atoms with E-state index in [4.69, 9.17) is 11.6 Å². The third-order valence-corrected chi connectivity index (χ3v) is 2.16. The minimum absolute atomic E-state index is 0.0461. The predicted octanol–water partition coefficient (Wildman–Crippen LogP) is 2.32. The molecule has 0 radical (unpaired) electrons. The zero-order valence-electron chi connectivity index (χ0n) is 6.47. The van der Waals surface area contributed by atoms with Gasteiger partial charge in [-0.15, -0.1) is 0 Å². The van der Waals surface area contributed by atoms with Crippen LogP contribution >= 0.6 is 11.6 Å². The topological polar surface area (TPSA) is 32.9 Å². The Morgan fingerprint density at radius 3 is 2.69 bits per heavy atom. The number of hydrogen-bond donors (Lipinski definition) is 1. The van der Waals surface area contributed by atoms with Gasteiger partial charge in [-0.1, -0.05) is 11.6 Å². The molecular weight excluding hydrogens is 193 g/mol. The molecule has 1 heterocycles. The first-order valence-electron chi connectivity index (χ1n) is 3.65. The van der Waals surface area contributed by atoms with Crippen molar-refractivity contribution in [1.29, 1.82) is 0 Å². The Labute approximate surface area is 78.0 Å². The molecule has 1 N–H and O–H groups in total. The molecule has 0 bridgehead atoms. The van der Waals surface area contributed by atoms with Crippen molar-refractivity contribution in [2.45, 2.75) is 0 Å². The van der Waals surface area contributed by atoms with Gasteiger partial charge >= 0.3 is 0 Å². The van der Waals surface area contributed by atoms with Crippen molar-refractivity contribution in [1.82, 2.24) is 4.98 Å². The molecule has 2 aromatic rings. The molecule has 1 aromatic carbocycles. The van der Waals surface area contributed by atoms with E-state index in [9.17, 15) is 9.18 Å². The van der Waals surface area contributed by atoms with Crippen molar-refractivity contribution >= 4 is 22.5 Å².